The van der Waals surface area contributed by atoms with Gasteiger partial charge >= 0.3 is 5.97 Å². The Labute approximate surface area is 133 Å². The third-order valence-corrected chi connectivity index (χ3v) is 5.04. The van der Waals surface area contributed by atoms with E-state index in [1.807, 2.05) is 0 Å². The van der Waals surface area contributed by atoms with E-state index in [9.17, 15) is 13.2 Å². The fourth-order valence-electron chi connectivity index (χ4n) is 1.86. The molecule has 7 heteroatoms. The second-order valence-corrected chi connectivity index (χ2v) is 6.78. The lowest BCUT2D eigenvalue weighted by Crippen LogP contribution is -2.13. The van der Waals surface area contributed by atoms with Crippen molar-refractivity contribution in [2.75, 3.05) is 4.72 Å². The summed E-state index contributed by atoms with van der Waals surface area (Å²) in [7, 11) is -3.79. The lowest BCUT2D eigenvalue weighted by Gasteiger charge is -2.11. The molecule has 0 saturated carbocycles. The van der Waals surface area contributed by atoms with E-state index in [1.54, 1.807) is 31.2 Å². The number of aliphatic carboxylic acids is 1. The zero-order valence-electron chi connectivity index (χ0n) is 11.7. The second kappa shape index (κ2) is 6.37. The highest BCUT2D eigenvalue weighted by atomic mass is 35.5. The van der Waals surface area contributed by atoms with E-state index in [0.29, 0.717) is 11.3 Å². The van der Waals surface area contributed by atoms with Gasteiger partial charge in [-0.15, -0.1) is 0 Å². The summed E-state index contributed by atoms with van der Waals surface area (Å²) in [6, 6.07) is 12.3. The maximum atomic E-state index is 12.3. The van der Waals surface area contributed by atoms with Crippen LogP contribution in [0.3, 0.4) is 0 Å². The van der Waals surface area contributed by atoms with Gasteiger partial charge in [0.15, 0.2) is 0 Å². The number of hydrogen-bond donors (Lipinski definition) is 2. The zero-order chi connectivity index (χ0) is 16.3. The number of rotatable bonds is 5. The van der Waals surface area contributed by atoms with Gasteiger partial charge in [-0.25, -0.2) is 8.42 Å². The predicted octanol–water partition coefficient (Wildman–Crippen LogP) is 3.33. The molecule has 0 aliphatic carbocycles. The average molecular weight is 340 g/mol. The largest absolute Gasteiger partial charge is 0.481 e. The Morgan fingerprint density at radius 1 is 1.14 bits per heavy atom. The maximum Gasteiger partial charge on any atom is 0.310 e. The Balaban J connectivity index is 2.24. The first-order valence-electron chi connectivity index (χ1n) is 6.41. The van der Waals surface area contributed by atoms with Crippen molar-refractivity contribution in [3.05, 3.63) is 59.1 Å². The maximum absolute atomic E-state index is 12.3. The van der Waals surface area contributed by atoms with Crippen molar-refractivity contribution in [3.63, 3.8) is 0 Å². The summed E-state index contributed by atoms with van der Waals surface area (Å²) in [5.41, 5.74) is 0.925. The smallest absolute Gasteiger partial charge is 0.310 e. The first-order valence-corrected chi connectivity index (χ1v) is 8.27. The monoisotopic (exact) mass is 339 g/mol. The Kier molecular flexibility index (Phi) is 4.73. The molecule has 2 aromatic rings. The molecule has 0 spiro atoms. The van der Waals surface area contributed by atoms with Crippen LogP contribution in [0.5, 0.6) is 0 Å². The molecule has 2 N–H and O–H groups in total. The van der Waals surface area contributed by atoms with Crippen LogP contribution in [0.1, 0.15) is 18.4 Å². The Hall–Kier alpha value is -2.05. The summed E-state index contributed by atoms with van der Waals surface area (Å²) >= 11 is 5.89. The topological polar surface area (TPSA) is 83.5 Å². The summed E-state index contributed by atoms with van der Waals surface area (Å²) in [5.74, 6) is -1.60. The summed E-state index contributed by atoms with van der Waals surface area (Å²) in [6.45, 7) is 1.56. The van der Waals surface area contributed by atoms with E-state index in [4.69, 9.17) is 16.7 Å². The van der Waals surface area contributed by atoms with Crippen LogP contribution in [-0.2, 0) is 14.8 Å². The van der Waals surface area contributed by atoms with Crippen LogP contribution >= 0.6 is 11.6 Å². The fraction of sp³-hybridized carbons (Fsp3) is 0.133. The molecule has 2 aromatic carbocycles. The number of nitrogens with one attached hydrogen (secondary N) is 1. The standard InChI is InChI=1S/C15H14ClNO4S/c1-10(15(18)19)11-6-8-12(9-7-11)17-22(20,21)14-5-3-2-4-13(14)16/h2-10,17H,1H3,(H,18,19)/t10-/m0/s1. The second-order valence-electron chi connectivity index (χ2n) is 4.72. The van der Waals surface area contributed by atoms with Gasteiger partial charge in [0.25, 0.3) is 10.0 Å². The lowest BCUT2D eigenvalue weighted by atomic mass is 10.0. The van der Waals surface area contributed by atoms with Gasteiger partial charge in [0, 0.05) is 5.69 Å². The predicted molar refractivity (Wildman–Crippen MR) is 84.8 cm³/mol. The summed E-state index contributed by atoms with van der Waals surface area (Å²) < 4.78 is 26.9. The van der Waals surface area contributed by atoms with E-state index >= 15 is 0 Å². The number of carboxylic acids is 1. The first kappa shape index (κ1) is 16.3. The Bertz CT molecular complexity index is 787. The van der Waals surface area contributed by atoms with Crippen molar-refractivity contribution in [2.45, 2.75) is 17.7 Å². The van der Waals surface area contributed by atoms with Crippen LogP contribution in [0, 0.1) is 0 Å². The fourth-order valence-corrected chi connectivity index (χ4v) is 3.43. The van der Waals surface area contributed by atoms with Gasteiger partial charge in [-0.1, -0.05) is 35.9 Å². The number of carboxylic acid groups (broad SMARTS) is 1. The van der Waals surface area contributed by atoms with E-state index in [-0.39, 0.29) is 9.92 Å². The van der Waals surface area contributed by atoms with Crippen molar-refractivity contribution in [3.8, 4) is 0 Å². The molecule has 116 valence electrons. The zero-order valence-corrected chi connectivity index (χ0v) is 13.2. The summed E-state index contributed by atoms with van der Waals surface area (Å²) in [5, 5.41) is 9.07. The normalized spacial score (nSPS) is 12.6. The molecule has 0 bridgehead atoms. The molecule has 0 fully saturated rings. The Morgan fingerprint density at radius 3 is 2.27 bits per heavy atom. The molecule has 0 aliphatic rings. The highest BCUT2D eigenvalue weighted by Crippen LogP contribution is 2.24. The molecule has 0 saturated heterocycles. The van der Waals surface area contributed by atoms with Crippen LogP contribution in [-0.4, -0.2) is 19.5 Å². The number of halogens is 1. The molecule has 2 rings (SSSR count). The number of sulfonamides is 1. The number of benzene rings is 2. The van der Waals surface area contributed by atoms with Crippen LogP contribution in [0.2, 0.25) is 5.02 Å². The number of carbonyl (C=O) groups is 1. The highest BCUT2D eigenvalue weighted by molar-refractivity contribution is 7.92. The molecule has 0 unspecified atom stereocenters. The molecule has 0 heterocycles. The van der Waals surface area contributed by atoms with Gasteiger partial charge in [-0.05, 0) is 36.8 Å². The van der Waals surface area contributed by atoms with Gasteiger partial charge < -0.3 is 5.11 Å². The lowest BCUT2D eigenvalue weighted by molar-refractivity contribution is -0.138. The highest BCUT2D eigenvalue weighted by Gasteiger charge is 2.18. The molecule has 0 radical (unpaired) electrons. The van der Waals surface area contributed by atoms with Gasteiger partial charge in [0.05, 0.1) is 10.9 Å². The van der Waals surface area contributed by atoms with E-state index in [1.165, 1.54) is 24.3 Å². The van der Waals surface area contributed by atoms with Crippen molar-refractivity contribution < 1.29 is 18.3 Å². The molecule has 0 aromatic heterocycles. The molecule has 5 nitrogen and oxygen atoms in total. The van der Waals surface area contributed by atoms with E-state index in [0.717, 1.165) is 0 Å². The number of hydrogen-bond acceptors (Lipinski definition) is 3. The number of anilines is 1. The van der Waals surface area contributed by atoms with Crippen LogP contribution in [0.15, 0.2) is 53.4 Å². The third-order valence-electron chi connectivity index (χ3n) is 3.16. The molecular weight excluding hydrogens is 326 g/mol. The van der Waals surface area contributed by atoms with Crippen LogP contribution < -0.4 is 4.72 Å². The Morgan fingerprint density at radius 2 is 1.73 bits per heavy atom. The SMILES string of the molecule is C[C@H](C(=O)O)c1ccc(NS(=O)(=O)c2ccccc2Cl)cc1. The average Bonchev–Trinajstić information content (AvgIpc) is 2.47. The molecule has 22 heavy (non-hydrogen) atoms. The molecule has 1 atom stereocenters. The van der Waals surface area contributed by atoms with Crippen LogP contribution in [0.4, 0.5) is 5.69 Å². The van der Waals surface area contributed by atoms with E-state index < -0.39 is 21.9 Å². The molecule has 0 aliphatic heterocycles. The van der Waals surface area contributed by atoms with Crippen LogP contribution in [0.25, 0.3) is 0 Å². The van der Waals surface area contributed by atoms with Crippen molar-refractivity contribution in [1.82, 2.24) is 0 Å². The minimum Gasteiger partial charge on any atom is -0.481 e. The quantitative estimate of drug-likeness (QED) is 0.875. The minimum absolute atomic E-state index is 0.0142. The van der Waals surface area contributed by atoms with Gasteiger partial charge in [-0.3, -0.25) is 9.52 Å². The van der Waals surface area contributed by atoms with Gasteiger partial charge in [0.1, 0.15) is 4.90 Å². The van der Waals surface area contributed by atoms with E-state index in [2.05, 4.69) is 4.72 Å². The first-order chi connectivity index (χ1) is 10.3. The molecule has 0 amide bonds. The van der Waals surface area contributed by atoms with Crippen molar-refractivity contribution in [2.24, 2.45) is 0 Å². The third kappa shape index (κ3) is 3.58. The summed E-state index contributed by atoms with van der Waals surface area (Å²) in [4.78, 5) is 10.9. The molecular formula is C15H14ClNO4S. The van der Waals surface area contributed by atoms with Crippen molar-refractivity contribution >= 4 is 33.3 Å². The van der Waals surface area contributed by atoms with Gasteiger partial charge in [-0.2, -0.15) is 0 Å². The van der Waals surface area contributed by atoms with Gasteiger partial charge in [0.2, 0.25) is 0 Å². The summed E-state index contributed by atoms with van der Waals surface area (Å²) in [6.07, 6.45) is 0. The minimum atomic E-state index is -3.79. The van der Waals surface area contributed by atoms with Crippen molar-refractivity contribution in [1.29, 1.82) is 0 Å².